The number of nitrogens with one attached hydrogen (secondary N) is 2. The number of carbonyl (C=O) groups is 3. The summed E-state index contributed by atoms with van der Waals surface area (Å²) in [5.41, 5.74) is 5.18. The number of aliphatic carboxylic acids is 1. The van der Waals surface area contributed by atoms with Crippen molar-refractivity contribution in [1.29, 1.82) is 5.41 Å². The second-order valence-corrected chi connectivity index (χ2v) is 6.16. The van der Waals surface area contributed by atoms with Crippen molar-refractivity contribution in [3.05, 3.63) is 0 Å². The number of nitrogens with two attached hydrogens (primary N) is 1. The van der Waals surface area contributed by atoms with Crippen LogP contribution in [0.4, 0.5) is 0 Å². The van der Waals surface area contributed by atoms with Crippen LogP contribution in [0.5, 0.6) is 0 Å². The lowest BCUT2D eigenvalue weighted by Gasteiger charge is -2.35. The van der Waals surface area contributed by atoms with Gasteiger partial charge in [0.1, 0.15) is 0 Å². The topological polar surface area (TPSA) is 140 Å². The minimum atomic E-state index is -0.836. The van der Waals surface area contributed by atoms with Gasteiger partial charge in [0.05, 0.1) is 0 Å². The van der Waals surface area contributed by atoms with E-state index in [1.807, 2.05) is 0 Å². The Labute approximate surface area is 148 Å². The first-order valence-electron chi connectivity index (χ1n) is 8.75. The van der Waals surface area contributed by atoms with Crippen molar-refractivity contribution < 1.29 is 19.5 Å². The molecule has 0 atom stereocenters. The van der Waals surface area contributed by atoms with E-state index in [2.05, 4.69) is 5.32 Å². The molecule has 5 N–H and O–H groups in total. The number of carbonyl (C=O) groups excluding carboxylic acids is 2. The predicted molar refractivity (Wildman–Crippen MR) is 93.0 cm³/mol. The molecule has 0 aliphatic carbocycles. The van der Waals surface area contributed by atoms with Gasteiger partial charge in [-0.3, -0.25) is 19.8 Å². The van der Waals surface area contributed by atoms with Gasteiger partial charge in [-0.1, -0.05) is 0 Å². The standard InChI is InChI=1S/C16H29N5O4/c17-16(18)19-8-4-3-6-14(23)21-11-9-20(10-12-21)13(22)5-1-2-7-15(24)25/h1-12H2,(H,24,25)(H4,17,18,19). The van der Waals surface area contributed by atoms with Gasteiger partial charge in [-0.25, -0.2) is 0 Å². The molecule has 0 aromatic heterocycles. The maximum Gasteiger partial charge on any atom is 0.303 e. The minimum absolute atomic E-state index is 0.0350. The highest BCUT2D eigenvalue weighted by Crippen LogP contribution is 2.09. The van der Waals surface area contributed by atoms with E-state index in [1.165, 1.54) is 0 Å². The maximum absolute atomic E-state index is 12.1. The second-order valence-electron chi connectivity index (χ2n) is 6.16. The first-order chi connectivity index (χ1) is 11.9. The summed E-state index contributed by atoms with van der Waals surface area (Å²) < 4.78 is 0. The quantitative estimate of drug-likeness (QED) is 0.246. The number of nitrogens with zero attached hydrogens (tertiary/aromatic N) is 2. The van der Waals surface area contributed by atoms with Crippen molar-refractivity contribution >= 4 is 23.7 Å². The molecule has 25 heavy (non-hydrogen) atoms. The number of carboxylic acid groups (broad SMARTS) is 1. The first-order valence-corrected chi connectivity index (χ1v) is 8.75. The van der Waals surface area contributed by atoms with Crippen LogP contribution >= 0.6 is 0 Å². The molecule has 2 amide bonds. The highest BCUT2D eigenvalue weighted by molar-refractivity contribution is 5.78. The van der Waals surface area contributed by atoms with Gasteiger partial charge in [0, 0.05) is 52.0 Å². The van der Waals surface area contributed by atoms with Gasteiger partial charge >= 0.3 is 5.97 Å². The second kappa shape index (κ2) is 11.3. The smallest absolute Gasteiger partial charge is 0.303 e. The molecule has 9 heteroatoms. The number of amides is 2. The lowest BCUT2D eigenvalue weighted by molar-refractivity contribution is -0.140. The van der Waals surface area contributed by atoms with Crippen molar-refractivity contribution in [2.24, 2.45) is 5.73 Å². The number of guanidine groups is 1. The van der Waals surface area contributed by atoms with Crippen LogP contribution in [0.1, 0.15) is 44.9 Å². The third-order valence-corrected chi connectivity index (χ3v) is 4.15. The van der Waals surface area contributed by atoms with Crippen LogP contribution in [0.3, 0.4) is 0 Å². The third-order valence-electron chi connectivity index (χ3n) is 4.15. The Morgan fingerprint density at radius 3 is 1.76 bits per heavy atom. The fourth-order valence-electron chi connectivity index (χ4n) is 2.70. The van der Waals surface area contributed by atoms with Crippen LogP contribution in [-0.2, 0) is 14.4 Å². The van der Waals surface area contributed by atoms with E-state index < -0.39 is 5.97 Å². The van der Waals surface area contributed by atoms with Gasteiger partial charge in [0.15, 0.2) is 5.96 Å². The molecule has 1 aliphatic heterocycles. The molecular formula is C16H29N5O4. The van der Waals surface area contributed by atoms with Gasteiger partial charge in [0.25, 0.3) is 0 Å². The molecule has 1 aliphatic rings. The first kappa shape index (κ1) is 20.7. The van der Waals surface area contributed by atoms with Gasteiger partial charge in [-0.05, 0) is 25.7 Å². The molecule has 0 unspecified atom stereocenters. The van der Waals surface area contributed by atoms with Crippen LogP contribution < -0.4 is 11.1 Å². The SMILES string of the molecule is N=C(N)NCCCCC(=O)N1CCN(C(=O)CCCCC(=O)O)CC1. The molecule has 1 rings (SSSR count). The van der Waals surface area contributed by atoms with Crippen LogP contribution in [0, 0.1) is 5.41 Å². The molecule has 0 saturated carbocycles. The monoisotopic (exact) mass is 355 g/mol. The Kier molecular flexibility index (Phi) is 9.34. The van der Waals surface area contributed by atoms with Crippen molar-refractivity contribution in [3.63, 3.8) is 0 Å². The van der Waals surface area contributed by atoms with E-state index in [1.54, 1.807) is 9.80 Å². The number of hydrogen-bond donors (Lipinski definition) is 4. The van der Waals surface area contributed by atoms with Crippen LogP contribution in [0.2, 0.25) is 0 Å². The predicted octanol–water partition coefficient (Wildman–Crippen LogP) is -0.0444. The summed E-state index contributed by atoms with van der Waals surface area (Å²) in [7, 11) is 0. The summed E-state index contributed by atoms with van der Waals surface area (Å²) in [4.78, 5) is 38.2. The summed E-state index contributed by atoms with van der Waals surface area (Å²) in [6, 6.07) is 0. The van der Waals surface area contributed by atoms with Crippen molar-refractivity contribution in [3.8, 4) is 0 Å². The highest BCUT2D eigenvalue weighted by atomic mass is 16.4. The van der Waals surface area contributed by atoms with Crippen molar-refractivity contribution in [2.45, 2.75) is 44.9 Å². The Hall–Kier alpha value is -2.32. The van der Waals surface area contributed by atoms with E-state index in [9.17, 15) is 14.4 Å². The molecular weight excluding hydrogens is 326 g/mol. The summed E-state index contributed by atoms with van der Waals surface area (Å²) in [6.45, 7) is 2.76. The zero-order valence-corrected chi connectivity index (χ0v) is 14.6. The van der Waals surface area contributed by atoms with Crippen molar-refractivity contribution in [1.82, 2.24) is 15.1 Å². The average Bonchev–Trinajstić information content (AvgIpc) is 2.57. The summed E-state index contributed by atoms with van der Waals surface area (Å²) >= 11 is 0. The van der Waals surface area contributed by atoms with Gasteiger partial charge in [-0.15, -0.1) is 0 Å². The lowest BCUT2D eigenvalue weighted by atomic mass is 10.1. The van der Waals surface area contributed by atoms with E-state index >= 15 is 0 Å². The molecule has 1 heterocycles. The van der Waals surface area contributed by atoms with Crippen molar-refractivity contribution in [2.75, 3.05) is 32.7 Å². The van der Waals surface area contributed by atoms with E-state index in [0.29, 0.717) is 58.4 Å². The van der Waals surface area contributed by atoms with E-state index in [-0.39, 0.29) is 24.2 Å². The third kappa shape index (κ3) is 8.92. The molecule has 0 spiro atoms. The summed E-state index contributed by atoms with van der Waals surface area (Å²) in [5.74, 6) is -0.768. The normalized spacial score (nSPS) is 14.2. The molecule has 1 fully saturated rings. The zero-order chi connectivity index (χ0) is 18.7. The number of piperazine rings is 1. The van der Waals surface area contributed by atoms with Crippen LogP contribution in [-0.4, -0.2) is 71.4 Å². The zero-order valence-electron chi connectivity index (χ0n) is 14.6. The highest BCUT2D eigenvalue weighted by Gasteiger charge is 2.23. The molecule has 1 saturated heterocycles. The largest absolute Gasteiger partial charge is 0.481 e. The van der Waals surface area contributed by atoms with E-state index in [4.69, 9.17) is 16.2 Å². The minimum Gasteiger partial charge on any atom is -0.481 e. The Balaban J connectivity index is 2.15. The van der Waals surface area contributed by atoms with E-state index in [0.717, 1.165) is 12.8 Å². The Morgan fingerprint density at radius 2 is 1.32 bits per heavy atom. The van der Waals surface area contributed by atoms with Crippen LogP contribution in [0.25, 0.3) is 0 Å². The number of rotatable bonds is 10. The molecule has 0 aromatic carbocycles. The number of hydrogen-bond acceptors (Lipinski definition) is 4. The Morgan fingerprint density at radius 1 is 0.880 bits per heavy atom. The number of unbranched alkanes of at least 4 members (excludes halogenated alkanes) is 2. The molecule has 0 aromatic rings. The summed E-state index contributed by atoms with van der Waals surface area (Å²) in [5, 5.41) is 18.3. The average molecular weight is 355 g/mol. The summed E-state index contributed by atoms with van der Waals surface area (Å²) in [6.07, 6.45) is 3.53. The fraction of sp³-hybridized carbons (Fsp3) is 0.750. The fourth-order valence-corrected chi connectivity index (χ4v) is 2.70. The molecule has 9 nitrogen and oxygen atoms in total. The van der Waals surface area contributed by atoms with Gasteiger partial charge in [-0.2, -0.15) is 0 Å². The molecule has 0 radical (unpaired) electrons. The van der Waals surface area contributed by atoms with Gasteiger partial charge in [0.2, 0.25) is 11.8 Å². The Bertz CT molecular complexity index is 475. The van der Waals surface area contributed by atoms with Crippen LogP contribution in [0.15, 0.2) is 0 Å². The number of carboxylic acids is 1. The maximum atomic E-state index is 12.1. The van der Waals surface area contributed by atoms with Gasteiger partial charge < -0.3 is 26.0 Å². The molecule has 142 valence electrons. The molecule has 0 bridgehead atoms. The lowest BCUT2D eigenvalue weighted by Crippen LogP contribution is -2.50.